The summed E-state index contributed by atoms with van der Waals surface area (Å²) in [6.07, 6.45) is 5.44. The first-order valence-electron chi connectivity index (χ1n) is 7.26. The highest BCUT2D eigenvalue weighted by Gasteiger charge is 2.31. The van der Waals surface area contributed by atoms with E-state index >= 15 is 0 Å². The van der Waals surface area contributed by atoms with Gasteiger partial charge in [-0.05, 0) is 19.3 Å². The molecule has 6 nitrogen and oxygen atoms in total. The fraction of sp³-hybridized carbons (Fsp3) is 0.786. The van der Waals surface area contributed by atoms with Crippen LogP contribution in [0.4, 0.5) is 0 Å². The number of likely N-dealkylation sites (tertiary alicyclic amines) is 1. The fourth-order valence-corrected chi connectivity index (χ4v) is 2.98. The zero-order chi connectivity index (χ0) is 14.5. The Morgan fingerprint density at radius 3 is 2.50 bits per heavy atom. The number of rotatable bonds is 5. The molecular weight excluding hydrogens is 260 g/mol. The molecule has 0 atom stereocenters. The van der Waals surface area contributed by atoms with Gasteiger partial charge in [0, 0.05) is 19.0 Å². The largest absolute Gasteiger partial charge is 0.468 e. The van der Waals surface area contributed by atoms with Gasteiger partial charge in [-0.15, -0.1) is 0 Å². The lowest BCUT2D eigenvalue weighted by Gasteiger charge is -2.28. The van der Waals surface area contributed by atoms with E-state index in [0.29, 0.717) is 13.0 Å². The van der Waals surface area contributed by atoms with Crippen LogP contribution < -0.4 is 0 Å². The van der Waals surface area contributed by atoms with Gasteiger partial charge in [-0.2, -0.15) is 0 Å². The molecular formula is C14H22N2O4. The van der Waals surface area contributed by atoms with Gasteiger partial charge in [0.2, 0.25) is 11.8 Å². The molecule has 1 aliphatic heterocycles. The van der Waals surface area contributed by atoms with Gasteiger partial charge < -0.3 is 4.74 Å². The van der Waals surface area contributed by atoms with Gasteiger partial charge >= 0.3 is 5.97 Å². The number of hydrogen-bond donors (Lipinski definition) is 0. The van der Waals surface area contributed by atoms with E-state index in [-0.39, 0.29) is 36.9 Å². The summed E-state index contributed by atoms with van der Waals surface area (Å²) in [7, 11) is 1.35. The van der Waals surface area contributed by atoms with E-state index in [2.05, 4.69) is 0 Å². The van der Waals surface area contributed by atoms with E-state index < -0.39 is 0 Å². The molecule has 1 saturated carbocycles. The molecule has 2 aliphatic rings. The number of hydrogen-bond acceptors (Lipinski definition) is 5. The van der Waals surface area contributed by atoms with Crippen LogP contribution in [0.3, 0.4) is 0 Å². The molecule has 0 N–H and O–H groups in total. The van der Waals surface area contributed by atoms with E-state index in [9.17, 15) is 14.4 Å². The van der Waals surface area contributed by atoms with Crippen molar-refractivity contribution in [1.82, 2.24) is 9.80 Å². The Morgan fingerprint density at radius 2 is 1.95 bits per heavy atom. The molecule has 0 bridgehead atoms. The second kappa shape index (κ2) is 6.83. The minimum absolute atomic E-state index is 0.0977. The number of carbonyl (C=O) groups is 3. The molecule has 0 radical (unpaired) electrons. The SMILES string of the molecule is COC(=O)CN(CC(=O)N1CCCC1=O)C1CCCC1. The van der Waals surface area contributed by atoms with Crippen molar-refractivity contribution in [2.45, 2.75) is 44.6 Å². The Bertz CT molecular complexity index is 391. The van der Waals surface area contributed by atoms with Crippen LogP contribution in [-0.4, -0.2) is 60.4 Å². The van der Waals surface area contributed by atoms with E-state index in [1.807, 2.05) is 4.90 Å². The Balaban J connectivity index is 1.96. The van der Waals surface area contributed by atoms with Gasteiger partial charge in [-0.1, -0.05) is 12.8 Å². The lowest BCUT2D eigenvalue weighted by atomic mass is 10.2. The molecule has 0 aromatic heterocycles. The van der Waals surface area contributed by atoms with Crippen molar-refractivity contribution in [3.05, 3.63) is 0 Å². The molecule has 1 aliphatic carbocycles. The average molecular weight is 282 g/mol. The number of esters is 1. The van der Waals surface area contributed by atoms with Gasteiger partial charge in [0.15, 0.2) is 0 Å². The normalized spacial score (nSPS) is 19.9. The van der Waals surface area contributed by atoms with Gasteiger partial charge in [-0.3, -0.25) is 24.2 Å². The number of amides is 2. The maximum atomic E-state index is 12.2. The maximum absolute atomic E-state index is 12.2. The number of nitrogens with zero attached hydrogens (tertiary/aromatic N) is 2. The van der Waals surface area contributed by atoms with Crippen LogP contribution in [0.5, 0.6) is 0 Å². The zero-order valence-corrected chi connectivity index (χ0v) is 12.0. The Labute approximate surface area is 119 Å². The van der Waals surface area contributed by atoms with Gasteiger partial charge in [0.05, 0.1) is 20.2 Å². The van der Waals surface area contributed by atoms with Crippen LogP contribution in [0.25, 0.3) is 0 Å². The summed E-state index contributed by atoms with van der Waals surface area (Å²) in [5.41, 5.74) is 0. The predicted molar refractivity (Wildman–Crippen MR) is 71.8 cm³/mol. The van der Waals surface area contributed by atoms with Crippen LogP contribution in [0, 0.1) is 0 Å². The second-order valence-corrected chi connectivity index (χ2v) is 5.46. The fourth-order valence-electron chi connectivity index (χ4n) is 2.98. The van der Waals surface area contributed by atoms with E-state index in [0.717, 1.165) is 32.1 Å². The van der Waals surface area contributed by atoms with E-state index in [1.54, 1.807) is 0 Å². The van der Waals surface area contributed by atoms with Crippen molar-refractivity contribution in [2.75, 3.05) is 26.7 Å². The monoisotopic (exact) mass is 282 g/mol. The molecule has 0 aromatic carbocycles. The summed E-state index contributed by atoms with van der Waals surface area (Å²) in [5, 5.41) is 0. The summed E-state index contributed by atoms with van der Waals surface area (Å²) >= 11 is 0. The third-order valence-corrected chi connectivity index (χ3v) is 4.11. The molecule has 2 rings (SSSR count). The third-order valence-electron chi connectivity index (χ3n) is 4.11. The molecule has 0 unspecified atom stereocenters. The van der Waals surface area contributed by atoms with Crippen LogP contribution in [-0.2, 0) is 19.1 Å². The number of imide groups is 1. The molecule has 6 heteroatoms. The average Bonchev–Trinajstić information content (AvgIpc) is 3.08. The minimum Gasteiger partial charge on any atom is -0.468 e. The highest BCUT2D eigenvalue weighted by atomic mass is 16.5. The van der Waals surface area contributed by atoms with Crippen molar-refractivity contribution >= 4 is 17.8 Å². The molecule has 20 heavy (non-hydrogen) atoms. The lowest BCUT2D eigenvalue weighted by molar-refractivity contribution is -0.145. The summed E-state index contributed by atoms with van der Waals surface area (Å²) < 4.78 is 4.70. The van der Waals surface area contributed by atoms with Crippen LogP contribution in [0.1, 0.15) is 38.5 Å². The van der Waals surface area contributed by atoms with Crippen molar-refractivity contribution in [1.29, 1.82) is 0 Å². The smallest absolute Gasteiger partial charge is 0.319 e. The van der Waals surface area contributed by atoms with Crippen LogP contribution in [0.2, 0.25) is 0 Å². The Kier molecular flexibility index (Phi) is 5.11. The first-order valence-corrected chi connectivity index (χ1v) is 7.26. The van der Waals surface area contributed by atoms with Crippen LogP contribution >= 0.6 is 0 Å². The first-order chi connectivity index (χ1) is 9.61. The summed E-state index contributed by atoms with van der Waals surface area (Å²) in [6, 6.07) is 0.246. The quantitative estimate of drug-likeness (QED) is 0.689. The molecule has 1 saturated heterocycles. The first kappa shape index (κ1) is 15.0. The number of ether oxygens (including phenoxy) is 1. The predicted octanol–water partition coefficient (Wildman–Crippen LogP) is 0.553. The van der Waals surface area contributed by atoms with Crippen LogP contribution in [0.15, 0.2) is 0 Å². The topological polar surface area (TPSA) is 66.9 Å². The van der Waals surface area contributed by atoms with Crippen molar-refractivity contribution in [3.63, 3.8) is 0 Å². The van der Waals surface area contributed by atoms with Crippen molar-refractivity contribution in [3.8, 4) is 0 Å². The number of methoxy groups -OCH3 is 1. The third kappa shape index (κ3) is 3.56. The standard InChI is InChI=1S/C14H22N2O4/c1-20-14(19)10-15(11-5-2-3-6-11)9-13(18)16-8-4-7-12(16)17/h11H,2-10H2,1H3. The highest BCUT2D eigenvalue weighted by Crippen LogP contribution is 2.23. The zero-order valence-electron chi connectivity index (χ0n) is 12.0. The molecule has 2 fully saturated rings. The number of carbonyl (C=O) groups excluding carboxylic acids is 3. The Morgan fingerprint density at radius 1 is 1.25 bits per heavy atom. The van der Waals surface area contributed by atoms with Gasteiger partial charge in [0.1, 0.15) is 0 Å². The summed E-state index contributed by atoms with van der Waals surface area (Å²) in [5.74, 6) is -0.625. The molecule has 0 aromatic rings. The highest BCUT2D eigenvalue weighted by molar-refractivity contribution is 5.97. The van der Waals surface area contributed by atoms with Crippen molar-refractivity contribution in [2.24, 2.45) is 0 Å². The minimum atomic E-state index is -0.336. The van der Waals surface area contributed by atoms with E-state index in [1.165, 1.54) is 12.0 Å². The van der Waals surface area contributed by atoms with Gasteiger partial charge in [-0.25, -0.2) is 0 Å². The molecule has 112 valence electrons. The summed E-state index contributed by atoms with van der Waals surface area (Å²) in [6.45, 7) is 0.759. The molecule has 1 heterocycles. The lowest BCUT2D eigenvalue weighted by Crippen LogP contribution is -2.46. The Hall–Kier alpha value is -1.43. The molecule has 0 spiro atoms. The molecule has 2 amide bonds. The summed E-state index contributed by atoms with van der Waals surface area (Å²) in [4.78, 5) is 38.5. The van der Waals surface area contributed by atoms with Gasteiger partial charge in [0.25, 0.3) is 0 Å². The maximum Gasteiger partial charge on any atom is 0.319 e. The van der Waals surface area contributed by atoms with E-state index in [4.69, 9.17) is 4.74 Å². The second-order valence-electron chi connectivity index (χ2n) is 5.46. The van der Waals surface area contributed by atoms with Crippen molar-refractivity contribution < 1.29 is 19.1 Å².